The molecule has 0 atom stereocenters. The second-order valence-corrected chi connectivity index (χ2v) is 7.77. The Bertz CT molecular complexity index is 1080. The molecule has 0 aliphatic carbocycles. The summed E-state index contributed by atoms with van der Waals surface area (Å²) in [7, 11) is 1.65. The summed E-state index contributed by atoms with van der Waals surface area (Å²) in [5.41, 5.74) is 4.21. The average molecular weight is 418 g/mol. The molecule has 1 aliphatic heterocycles. The second-order valence-electron chi connectivity index (χ2n) is 7.77. The number of rotatable bonds is 5. The van der Waals surface area contributed by atoms with Crippen molar-refractivity contribution < 1.29 is 14.3 Å². The van der Waals surface area contributed by atoms with Crippen molar-refractivity contribution in [3.63, 3.8) is 0 Å². The van der Waals surface area contributed by atoms with Gasteiger partial charge < -0.3 is 15.0 Å². The third kappa shape index (κ3) is 4.77. The lowest BCUT2D eigenvalue weighted by Gasteiger charge is -2.31. The lowest BCUT2D eigenvalue weighted by molar-refractivity contribution is 0.101. The molecule has 0 bridgehead atoms. The molecule has 1 fully saturated rings. The van der Waals surface area contributed by atoms with E-state index in [1.165, 1.54) is 6.92 Å². The van der Waals surface area contributed by atoms with Gasteiger partial charge in [-0.05, 0) is 50.1 Å². The highest BCUT2D eigenvalue weighted by atomic mass is 16.5. The number of anilines is 1. The first kappa shape index (κ1) is 20.7. The molecule has 2 amide bonds. The van der Waals surface area contributed by atoms with Crippen LogP contribution in [0.3, 0.4) is 0 Å². The number of aromatic amines is 1. The number of Topliss-reactive ketones (excluding diaryl/α,β-unsaturated/α-hetero) is 1. The first-order valence-corrected chi connectivity index (χ1v) is 10.4. The standard InChI is InChI=1S/C24H26N4O3/c1-16(29)18-5-3-7-20(13-18)25-24(30)28-11-9-17(10-12-28)22-15-23(27-26-22)19-6-4-8-21(14-19)31-2/h3-8,13-15,17H,9-12H2,1-2H3,(H,25,30)(H,26,27). The lowest BCUT2D eigenvalue weighted by atomic mass is 9.93. The number of hydrogen-bond acceptors (Lipinski definition) is 4. The normalized spacial score (nSPS) is 14.3. The number of likely N-dealkylation sites (tertiary alicyclic amines) is 1. The molecular formula is C24H26N4O3. The number of benzene rings is 2. The molecule has 2 N–H and O–H groups in total. The quantitative estimate of drug-likeness (QED) is 0.588. The molecule has 31 heavy (non-hydrogen) atoms. The summed E-state index contributed by atoms with van der Waals surface area (Å²) < 4.78 is 5.30. The van der Waals surface area contributed by atoms with E-state index >= 15 is 0 Å². The van der Waals surface area contributed by atoms with Crippen molar-refractivity contribution >= 4 is 17.5 Å². The Balaban J connectivity index is 1.35. The van der Waals surface area contributed by atoms with Crippen molar-refractivity contribution in [3.05, 3.63) is 65.9 Å². The van der Waals surface area contributed by atoms with Crippen molar-refractivity contribution in [3.8, 4) is 17.0 Å². The number of methoxy groups -OCH3 is 1. The molecule has 0 unspecified atom stereocenters. The molecule has 1 aliphatic rings. The van der Waals surface area contributed by atoms with Gasteiger partial charge in [0.05, 0.1) is 12.8 Å². The van der Waals surface area contributed by atoms with Crippen LogP contribution >= 0.6 is 0 Å². The fourth-order valence-corrected chi connectivity index (χ4v) is 3.89. The van der Waals surface area contributed by atoms with Gasteiger partial charge in [0, 0.05) is 41.5 Å². The van der Waals surface area contributed by atoms with E-state index in [0.717, 1.165) is 35.5 Å². The molecule has 7 nitrogen and oxygen atoms in total. The van der Waals surface area contributed by atoms with E-state index in [1.807, 2.05) is 29.2 Å². The largest absolute Gasteiger partial charge is 0.497 e. The summed E-state index contributed by atoms with van der Waals surface area (Å²) in [4.78, 5) is 26.0. The van der Waals surface area contributed by atoms with Gasteiger partial charge in [-0.1, -0.05) is 24.3 Å². The third-order valence-electron chi connectivity index (χ3n) is 5.71. The van der Waals surface area contributed by atoms with Crippen LogP contribution < -0.4 is 10.1 Å². The van der Waals surface area contributed by atoms with Crippen LogP contribution in [0.15, 0.2) is 54.6 Å². The molecule has 0 saturated carbocycles. The van der Waals surface area contributed by atoms with Gasteiger partial charge in [-0.25, -0.2) is 4.79 Å². The van der Waals surface area contributed by atoms with Gasteiger partial charge in [-0.2, -0.15) is 5.10 Å². The number of carbonyl (C=O) groups is 2. The van der Waals surface area contributed by atoms with Crippen LogP contribution in [0.1, 0.15) is 41.7 Å². The number of ketones is 1. The van der Waals surface area contributed by atoms with Gasteiger partial charge >= 0.3 is 6.03 Å². The molecular weight excluding hydrogens is 392 g/mol. The van der Waals surface area contributed by atoms with Gasteiger partial charge in [0.15, 0.2) is 5.78 Å². The van der Waals surface area contributed by atoms with Crippen LogP contribution in [0.25, 0.3) is 11.3 Å². The number of nitrogens with zero attached hydrogens (tertiary/aromatic N) is 2. The zero-order valence-corrected chi connectivity index (χ0v) is 17.7. The minimum Gasteiger partial charge on any atom is -0.497 e. The molecule has 2 aromatic carbocycles. The van der Waals surface area contributed by atoms with E-state index in [9.17, 15) is 9.59 Å². The van der Waals surface area contributed by atoms with Crippen LogP contribution in [0, 0.1) is 0 Å². The maximum Gasteiger partial charge on any atom is 0.321 e. The maximum absolute atomic E-state index is 12.6. The summed E-state index contributed by atoms with van der Waals surface area (Å²) in [6.07, 6.45) is 1.72. The Kier molecular flexibility index (Phi) is 6.02. The zero-order chi connectivity index (χ0) is 21.8. The van der Waals surface area contributed by atoms with Gasteiger partial charge in [0.25, 0.3) is 0 Å². The minimum absolute atomic E-state index is 0.0233. The summed E-state index contributed by atoms with van der Waals surface area (Å²) in [5.74, 6) is 1.11. The number of piperidine rings is 1. The smallest absolute Gasteiger partial charge is 0.321 e. The average Bonchev–Trinajstić information content (AvgIpc) is 3.30. The van der Waals surface area contributed by atoms with Crippen LogP contribution in [0.5, 0.6) is 5.75 Å². The van der Waals surface area contributed by atoms with E-state index in [-0.39, 0.29) is 11.8 Å². The van der Waals surface area contributed by atoms with Crippen molar-refractivity contribution in [2.45, 2.75) is 25.7 Å². The second kappa shape index (κ2) is 9.04. The summed E-state index contributed by atoms with van der Waals surface area (Å²) >= 11 is 0. The maximum atomic E-state index is 12.6. The Morgan fingerprint density at radius 3 is 2.61 bits per heavy atom. The van der Waals surface area contributed by atoms with E-state index in [0.29, 0.717) is 30.3 Å². The van der Waals surface area contributed by atoms with Gasteiger partial charge in [0.1, 0.15) is 5.75 Å². The first-order valence-electron chi connectivity index (χ1n) is 10.4. The molecule has 7 heteroatoms. The fourth-order valence-electron chi connectivity index (χ4n) is 3.89. The first-order chi connectivity index (χ1) is 15.0. The molecule has 3 aromatic rings. The zero-order valence-electron chi connectivity index (χ0n) is 17.7. The topological polar surface area (TPSA) is 87.3 Å². The lowest BCUT2D eigenvalue weighted by Crippen LogP contribution is -2.40. The number of urea groups is 1. The highest BCUT2D eigenvalue weighted by molar-refractivity contribution is 5.96. The van der Waals surface area contributed by atoms with Gasteiger partial charge in [-0.3, -0.25) is 9.89 Å². The molecule has 2 heterocycles. The molecule has 0 spiro atoms. The van der Waals surface area contributed by atoms with Crippen LogP contribution in [-0.4, -0.2) is 47.1 Å². The minimum atomic E-state index is -0.138. The van der Waals surface area contributed by atoms with Crippen molar-refractivity contribution in [2.24, 2.45) is 0 Å². The van der Waals surface area contributed by atoms with Gasteiger partial charge in [-0.15, -0.1) is 0 Å². The number of ether oxygens (including phenoxy) is 1. The summed E-state index contributed by atoms with van der Waals surface area (Å²) in [6, 6.07) is 16.8. The van der Waals surface area contributed by atoms with E-state index in [2.05, 4.69) is 21.6 Å². The Morgan fingerprint density at radius 2 is 1.87 bits per heavy atom. The Hall–Kier alpha value is -3.61. The van der Waals surface area contributed by atoms with Crippen LogP contribution in [0.2, 0.25) is 0 Å². The van der Waals surface area contributed by atoms with Crippen LogP contribution in [0.4, 0.5) is 10.5 Å². The molecule has 1 saturated heterocycles. The SMILES string of the molecule is COc1cccc(-c2cc(C3CCN(C(=O)Nc4cccc(C(C)=O)c4)CC3)[nH]n2)c1. The predicted octanol–water partition coefficient (Wildman–Crippen LogP) is 4.70. The van der Waals surface area contributed by atoms with Gasteiger partial charge in [0.2, 0.25) is 0 Å². The van der Waals surface area contributed by atoms with Crippen molar-refractivity contribution in [1.82, 2.24) is 15.1 Å². The predicted molar refractivity (Wildman–Crippen MR) is 120 cm³/mol. The number of nitrogens with one attached hydrogen (secondary N) is 2. The molecule has 4 rings (SSSR count). The Morgan fingerprint density at radius 1 is 1.10 bits per heavy atom. The highest BCUT2D eigenvalue weighted by Gasteiger charge is 2.25. The third-order valence-corrected chi connectivity index (χ3v) is 5.71. The van der Waals surface area contributed by atoms with Crippen molar-refractivity contribution in [1.29, 1.82) is 0 Å². The highest BCUT2D eigenvalue weighted by Crippen LogP contribution is 2.30. The van der Waals surface area contributed by atoms with Crippen molar-refractivity contribution in [2.75, 3.05) is 25.5 Å². The molecule has 160 valence electrons. The number of aromatic nitrogens is 2. The van der Waals surface area contributed by atoms with E-state index in [1.54, 1.807) is 31.4 Å². The van der Waals surface area contributed by atoms with E-state index in [4.69, 9.17) is 4.74 Å². The monoisotopic (exact) mass is 418 g/mol. The number of H-pyrrole nitrogens is 1. The number of amides is 2. The molecule has 0 radical (unpaired) electrons. The van der Waals surface area contributed by atoms with Crippen LogP contribution in [-0.2, 0) is 0 Å². The Labute approximate surface area is 181 Å². The fraction of sp³-hybridized carbons (Fsp3) is 0.292. The summed E-state index contributed by atoms with van der Waals surface area (Å²) in [5, 5.41) is 10.5. The van der Waals surface area contributed by atoms with E-state index < -0.39 is 0 Å². The number of hydrogen-bond donors (Lipinski definition) is 2. The molecule has 1 aromatic heterocycles. The summed E-state index contributed by atoms with van der Waals surface area (Å²) in [6.45, 7) is 2.84. The number of carbonyl (C=O) groups excluding carboxylic acids is 2.